The van der Waals surface area contributed by atoms with Gasteiger partial charge in [-0.05, 0) is 32.3 Å². The number of likely N-dealkylation sites (N-methyl/N-ethyl adjacent to an activating group) is 1. The number of amides is 1. The fourth-order valence-corrected chi connectivity index (χ4v) is 3.98. The molecule has 1 aromatic carbocycles. The van der Waals surface area contributed by atoms with Crippen molar-refractivity contribution >= 4 is 17.3 Å². The lowest BCUT2D eigenvalue weighted by atomic mass is 10.2. The summed E-state index contributed by atoms with van der Waals surface area (Å²) >= 11 is 0. The van der Waals surface area contributed by atoms with E-state index < -0.39 is 0 Å². The lowest BCUT2D eigenvalue weighted by Gasteiger charge is -2.31. The average Bonchev–Trinajstić information content (AvgIpc) is 3.26. The van der Waals surface area contributed by atoms with Crippen LogP contribution in [0.1, 0.15) is 12.0 Å². The van der Waals surface area contributed by atoms with E-state index in [1.807, 2.05) is 42.1 Å². The maximum atomic E-state index is 12.3. The van der Waals surface area contributed by atoms with Crippen LogP contribution in [0, 0.1) is 11.3 Å². The second-order valence-corrected chi connectivity index (χ2v) is 8.10. The Morgan fingerprint density at radius 1 is 1.34 bits per heavy atom. The lowest BCUT2D eigenvalue weighted by Crippen LogP contribution is -2.37. The fraction of sp³-hybridized carbons (Fsp3) is 0.435. The van der Waals surface area contributed by atoms with E-state index in [1.54, 1.807) is 12.3 Å². The van der Waals surface area contributed by atoms with Gasteiger partial charge in [-0.2, -0.15) is 5.26 Å². The summed E-state index contributed by atoms with van der Waals surface area (Å²) in [5.41, 5.74) is 2.01. The van der Waals surface area contributed by atoms with E-state index in [4.69, 9.17) is 14.2 Å². The molecule has 168 valence electrons. The number of benzene rings is 1. The average molecular weight is 438 g/mol. The van der Waals surface area contributed by atoms with Crippen LogP contribution in [0.15, 0.2) is 30.5 Å². The van der Waals surface area contributed by atoms with Gasteiger partial charge in [0.15, 0.2) is 0 Å². The molecule has 0 saturated carbocycles. The summed E-state index contributed by atoms with van der Waals surface area (Å²) in [5, 5.41) is 9.42. The molecule has 0 radical (unpaired) electrons. The van der Waals surface area contributed by atoms with Crippen molar-refractivity contribution in [3.8, 4) is 23.4 Å². The number of anilines is 2. The number of carbonyl (C=O) groups is 1. The van der Waals surface area contributed by atoms with Gasteiger partial charge in [0.05, 0.1) is 44.3 Å². The Balaban J connectivity index is 1.51. The van der Waals surface area contributed by atoms with Crippen molar-refractivity contribution in [2.45, 2.75) is 12.5 Å². The van der Waals surface area contributed by atoms with E-state index in [1.165, 1.54) is 7.11 Å². The maximum Gasteiger partial charge on any atom is 0.236 e. The smallest absolute Gasteiger partial charge is 0.236 e. The molecule has 1 amide bonds. The molecule has 2 aromatic rings. The highest BCUT2D eigenvalue weighted by Gasteiger charge is 2.28. The molecule has 2 aliphatic heterocycles. The highest BCUT2D eigenvalue weighted by Crippen LogP contribution is 2.40. The molecule has 1 atom stereocenters. The topological polar surface area (TPSA) is 91.2 Å². The Hall–Kier alpha value is -3.51. The SMILES string of the molecule is COc1ncc(N2CCOc3ccc(OC4CCN(C(=O)CN(C)C)C4)cc32)cc1C#N. The number of nitriles is 1. The van der Waals surface area contributed by atoms with Gasteiger partial charge in [0.25, 0.3) is 0 Å². The number of aromatic nitrogens is 1. The molecule has 1 unspecified atom stereocenters. The maximum absolute atomic E-state index is 12.3. The minimum absolute atomic E-state index is 0.0510. The summed E-state index contributed by atoms with van der Waals surface area (Å²) in [5.74, 6) is 1.88. The second-order valence-electron chi connectivity index (χ2n) is 8.10. The molecule has 4 rings (SSSR count). The molecule has 0 aliphatic carbocycles. The lowest BCUT2D eigenvalue weighted by molar-refractivity contribution is -0.131. The predicted octanol–water partition coefficient (Wildman–Crippen LogP) is 2.03. The molecule has 32 heavy (non-hydrogen) atoms. The van der Waals surface area contributed by atoms with E-state index >= 15 is 0 Å². The largest absolute Gasteiger partial charge is 0.490 e. The number of rotatable bonds is 6. The van der Waals surface area contributed by atoms with Gasteiger partial charge < -0.3 is 28.9 Å². The molecular formula is C23H27N5O4. The minimum atomic E-state index is -0.0510. The van der Waals surface area contributed by atoms with Gasteiger partial charge in [-0.15, -0.1) is 0 Å². The van der Waals surface area contributed by atoms with Gasteiger partial charge in [0.2, 0.25) is 11.8 Å². The Bertz CT molecular complexity index is 1040. The molecule has 0 spiro atoms. The molecule has 2 aliphatic rings. The quantitative estimate of drug-likeness (QED) is 0.678. The Kier molecular flexibility index (Phi) is 6.32. The van der Waals surface area contributed by atoms with Crippen LogP contribution in [0.25, 0.3) is 0 Å². The van der Waals surface area contributed by atoms with E-state index in [0.717, 1.165) is 23.5 Å². The van der Waals surface area contributed by atoms with Gasteiger partial charge in [-0.1, -0.05) is 0 Å². The molecule has 9 heteroatoms. The number of methoxy groups -OCH3 is 1. The number of nitrogens with zero attached hydrogens (tertiary/aromatic N) is 5. The van der Waals surface area contributed by atoms with Crippen molar-refractivity contribution in [1.82, 2.24) is 14.8 Å². The molecular weight excluding hydrogens is 410 g/mol. The third-order valence-electron chi connectivity index (χ3n) is 5.51. The highest BCUT2D eigenvalue weighted by atomic mass is 16.5. The first-order valence-corrected chi connectivity index (χ1v) is 10.6. The number of likely N-dealkylation sites (tertiary alicyclic amines) is 1. The number of hydrogen-bond donors (Lipinski definition) is 0. The van der Waals surface area contributed by atoms with Gasteiger partial charge in [0, 0.05) is 19.0 Å². The number of carbonyl (C=O) groups excluding carboxylic acids is 1. The molecule has 0 N–H and O–H groups in total. The summed E-state index contributed by atoms with van der Waals surface area (Å²) in [6.07, 6.45) is 2.43. The van der Waals surface area contributed by atoms with E-state index in [0.29, 0.717) is 50.0 Å². The monoisotopic (exact) mass is 437 g/mol. The van der Waals surface area contributed by atoms with Gasteiger partial charge in [-0.25, -0.2) is 4.98 Å². The first-order chi connectivity index (χ1) is 15.5. The summed E-state index contributed by atoms with van der Waals surface area (Å²) in [6.45, 7) is 2.82. The third kappa shape index (κ3) is 4.55. The summed E-state index contributed by atoms with van der Waals surface area (Å²) in [6, 6.07) is 9.61. The van der Waals surface area contributed by atoms with Crippen LogP contribution in [-0.4, -0.2) is 80.8 Å². The van der Waals surface area contributed by atoms with Crippen LogP contribution in [0.5, 0.6) is 17.4 Å². The number of hydrogen-bond acceptors (Lipinski definition) is 8. The number of pyridine rings is 1. The Morgan fingerprint density at radius 3 is 2.94 bits per heavy atom. The first-order valence-electron chi connectivity index (χ1n) is 10.6. The number of fused-ring (bicyclic) bond motifs is 1. The zero-order valence-electron chi connectivity index (χ0n) is 18.6. The Labute approximate surface area is 187 Å². The molecule has 1 saturated heterocycles. The third-order valence-corrected chi connectivity index (χ3v) is 5.51. The summed E-state index contributed by atoms with van der Waals surface area (Å²) < 4.78 is 17.2. The van der Waals surface area contributed by atoms with E-state index in [9.17, 15) is 10.1 Å². The molecule has 1 fully saturated rings. The predicted molar refractivity (Wildman–Crippen MR) is 119 cm³/mol. The molecule has 0 bridgehead atoms. The van der Waals surface area contributed by atoms with Crippen molar-refractivity contribution in [2.75, 3.05) is 58.9 Å². The van der Waals surface area contributed by atoms with Gasteiger partial charge >= 0.3 is 0 Å². The minimum Gasteiger partial charge on any atom is -0.490 e. The van der Waals surface area contributed by atoms with Crippen LogP contribution in [0.3, 0.4) is 0 Å². The van der Waals surface area contributed by atoms with Crippen molar-refractivity contribution in [3.63, 3.8) is 0 Å². The van der Waals surface area contributed by atoms with Crippen molar-refractivity contribution in [3.05, 3.63) is 36.0 Å². The highest BCUT2D eigenvalue weighted by molar-refractivity contribution is 5.78. The molecule has 3 heterocycles. The van der Waals surface area contributed by atoms with Gasteiger partial charge in [0.1, 0.15) is 35.8 Å². The van der Waals surface area contributed by atoms with Crippen LogP contribution in [0.2, 0.25) is 0 Å². The van der Waals surface area contributed by atoms with Crippen LogP contribution in [-0.2, 0) is 4.79 Å². The van der Waals surface area contributed by atoms with Crippen LogP contribution >= 0.6 is 0 Å². The van der Waals surface area contributed by atoms with E-state index in [2.05, 4.69) is 16.0 Å². The first kappa shape index (κ1) is 21.7. The molecule has 1 aromatic heterocycles. The fourth-order valence-electron chi connectivity index (χ4n) is 3.98. The van der Waals surface area contributed by atoms with Crippen LogP contribution < -0.4 is 19.1 Å². The van der Waals surface area contributed by atoms with Crippen molar-refractivity contribution < 1.29 is 19.0 Å². The second kappa shape index (κ2) is 9.32. The normalized spacial score (nSPS) is 17.5. The standard InChI is InChI=1S/C23H27N5O4/c1-26(2)15-22(29)27-7-6-19(14-27)32-18-4-5-21-20(11-18)28(8-9-31-21)17-10-16(12-24)23(30-3)25-13-17/h4-5,10-11,13,19H,6-9,14-15H2,1-3H3. The summed E-state index contributed by atoms with van der Waals surface area (Å²) in [4.78, 5) is 22.4. The van der Waals surface area contributed by atoms with Crippen molar-refractivity contribution in [2.24, 2.45) is 0 Å². The van der Waals surface area contributed by atoms with Crippen LogP contribution in [0.4, 0.5) is 11.4 Å². The van der Waals surface area contributed by atoms with Crippen molar-refractivity contribution in [1.29, 1.82) is 5.26 Å². The van der Waals surface area contributed by atoms with E-state index in [-0.39, 0.29) is 12.0 Å². The zero-order chi connectivity index (χ0) is 22.7. The van der Waals surface area contributed by atoms with Gasteiger partial charge in [-0.3, -0.25) is 4.79 Å². The molecule has 9 nitrogen and oxygen atoms in total. The zero-order valence-corrected chi connectivity index (χ0v) is 18.6. The Morgan fingerprint density at radius 2 is 2.19 bits per heavy atom. The summed E-state index contributed by atoms with van der Waals surface area (Å²) in [7, 11) is 5.27. The number of ether oxygens (including phenoxy) is 3.